The smallest absolute Gasteiger partial charge is 0.240 e. The number of anilines is 1. The lowest BCUT2D eigenvalue weighted by molar-refractivity contribution is -0.114. The van der Waals surface area contributed by atoms with Crippen LogP contribution in [0.15, 0.2) is 53.4 Å². The molecule has 2 aromatic carbocycles. The van der Waals surface area contributed by atoms with E-state index in [1.165, 1.54) is 31.2 Å². The second-order valence-corrected chi connectivity index (χ2v) is 6.86. The largest absolute Gasteiger partial charge is 0.326 e. The van der Waals surface area contributed by atoms with Crippen molar-refractivity contribution in [2.45, 2.75) is 18.4 Å². The molecule has 0 saturated heterocycles. The van der Waals surface area contributed by atoms with Gasteiger partial charge < -0.3 is 5.32 Å². The zero-order chi connectivity index (χ0) is 16.2. The number of nitrogens with one attached hydrogen (secondary N) is 2. The summed E-state index contributed by atoms with van der Waals surface area (Å²) in [4.78, 5) is 11.1. The van der Waals surface area contributed by atoms with Crippen molar-refractivity contribution in [3.8, 4) is 0 Å². The fourth-order valence-electron chi connectivity index (χ4n) is 1.83. The maximum absolute atomic E-state index is 12.2. The molecular formula is C15H15ClN2O3S. The third-order valence-electron chi connectivity index (χ3n) is 2.84. The first-order valence-electron chi connectivity index (χ1n) is 6.48. The van der Waals surface area contributed by atoms with Crippen LogP contribution in [0.4, 0.5) is 5.69 Å². The van der Waals surface area contributed by atoms with Gasteiger partial charge in [0.25, 0.3) is 0 Å². The predicted octanol–water partition coefficient (Wildman–Crippen LogP) is 2.78. The summed E-state index contributed by atoms with van der Waals surface area (Å²) in [6, 6.07) is 12.9. The Kier molecular flexibility index (Phi) is 5.18. The summed E-state index contributed by atoms with van der Waals surface area (Å²) in [6.45, 7) is 1.54. The number of rotatable bonds is 5. The van der Waals surface area contributed by atoms with Gasteiger partial charge in [-0.3, -0.25) is 4.79 Å². The van der Waals surface area contributed by atoms with Crippen LogP contribution in [0.5, 0.6) is 0 Å². The van der Waals surface area contributed by atoms with Crippen molar-refractivity contribution < 1.29 is 13.2 Å². The summed E-state index contributed by atoms with van der Waals surface area (Å²) < 4.78 is 26.9. The molecule has 2 rings (SSSR count). The average molecular weight is 339 g/mol. The van der Waals surface area contributed by atoms with Gasteiger partial charge in [-0.25, -0.2) is 13.1 Å². The summed E-state index contributed by atoms with van der Waals surface area (Å²) in [5.74, 6) is -0.213. The highest BCUT2D eigenvalue weighted by atomic mass is 35.5. The molecule has 22 heavy (non-hydrogen) atoms. The quantitative estimate of drug-likeness (QED) is 0.880. The molecule has 0 aliphatic carbocycles. The van der Waals surface area contributed by atoms with Crippen LogP contribution in [-0.4, -0.2) is 14.3 Å². The third kappa shape index (κ3) is 4.56. The van der Waals surface area contributed by atoms with Crippen LogP contribution in [0.25, 0.3) is 0 Å². The first-order valence-corrected chi connectivity index (χ1v) is 8.35. The Bertz CT molecular complexity index is 774. The maximum Gasteiger partial charge on any atom is 0.240 e. The van der Waals surface area contributed by atoms with E-state index in [1.807, 2.05) is 0 Å². The Balaban J connectivity index is 2.08. The lowest BCUT2D eigenvalue weighted by Gasteiger charge is -2.08. The first kappa shape index (κ1) is 16.5. The number of hydrogen-bond donors (Lipinski definition) is 2. The minimum Gasteiger partial charge on any atom is -0.326 e. The maximum atomic E-state index is 12.2. The number of carbonyl (C=O) groups is 1. The second-order valence-electron chi connectivity index (χ2n) is 4.66. The van der Waals surface area contributed by atoms with Gasteiger partial charge in [0, 0.05) is 24.2 Å². The summed E-state index contributed by atoms with van der Waals surface area (Å²) >= 11 is 5.86. The normalized spacial score (nSPS) is 11.2. The van der Waals surface area contributed by atoms with Crippen LogP contribution in [0.2, 0.25) is 5.02 Å². The fraction of sp³-hybridized carbons (Fsp3) is 0.133. The average Bonchev–Trinajstić information content (AvgIpc) is 2.45. The highest BCUT2D eigenvalue weighted by Gasteiger charge is 2.13. The zero-order valence-electron chi connectivity index (χ0n) is 11.8. The van der Waals surface area contributed by atoms with Crippen molar-refractivity contribution in [2.75, 3.05) is 5.32 Å². The number of amides is 1. The van der Waals surface area contributed by atoms with Gasteiger partial charge in [-0.1, -0.05) is 23.7 Å². The zero-order valence-corrected chi connectivity index (χ0v) is 13.4. The van der Waals surface area contributed by atoms with E-state index in [1.54, 1.807) is 24.3 Å². The van der Waals surface area contributed by atoms with E-state index in [0.29, 0.717) is 10.7 Å². The summed E-state index contributed by atoms with van der Waals surface area (Å²) in [7, 11) is -3.62. The second kappa shape index (κ2) is 6.91. The Hall–Kier alpha value is -1.89. The van der Waals surface area contributed by atoms with Gasteiger partial charge in [0.2, 0.25) is 15.9 Å². The van der Waals surface area contributed by atoms with E-state index < -0.39 is 10.0 Å². The Labute approximate surface area is 134 Å². The third-order valence-corrected chi connectivity index (χ3v) is 4.49. The van der Waals surface area contributed by atoms with Gasteiger partial charge in [-0.2, -0.15) is 0 Å². The topological polar surface area (TPSA) is 75.3 Å². The molecule has 7 heteroatoms. The van der Waals surface area contributed by atoms with Crippen molar-refractivity contribution in [1.82, 2.24) is 4.72 Å². The van der Waals surface area contributed by atoms with Crippen LogP contribution < -0.4 is 10.0 Å². The molecule has 0 aromatic heterocycles. The fourth-order valence-corrected chi connectivity index (χ4v) is 3.06. The highest BCUT2D eigenvalue weighted by Crippen LogP contribution is 2.15. The molecule has 1 amide bonds. The van der Waals surface area contributed by atoms with Crippen molar-refractivity contribution >= 4 is 33.2 Å². The number of hydrogen-bond acceptors (Lipinski definition) is 3. The van der Waals surface area contributed by atoms with E-state index in [2.05, 4.69) is 10.0 Å². The van der Waals surface area contributed by atoms with Gasteiger partial charge in [0.1, 0.15) is 0 Å². The molecular weight excluding hydrogens is 324 g/mol. The molecule has 116 valence electrons. The minimum absolute atomic E-state index is 0.128. The van der Waals surface area contributed by atoms with Gasteiger partial charge in [-0.15, -0.1) is 0 Å². The number of halogens is 1. The molecule has 2 aromatic rings. The van der Waals surface area contributed by atoms with Gasteiger partial charge in [-0.05, 0) is 42.0 Å². The number of sulfonamides is 1. The Morgan fingerprint density at radius 2 is 1.82 bits per heavy atom. The van der Waals surface area contributed by atoms with E-state index in [9.17, 15) is 13.2 Å². The van der Waals surface area contributed by atoms with Crippen molar-refractivity contribution in [3.05, 3.63) is 59.1 Å². The van der Waals surface area contributed by atoms with Crippen molar-refractivity contribution in [1.29, 1.82) is 0 Å². The summed E-state index contributed by atoms with van der Waals surface area (Å²) in [5, 5.41) is 3.13. The molecule has 0 unspecified atom stereocenters. The number of carbonyl (C=O) groups excluding carboxylic acids is 1. The molecule has 0 radical (unpaired) electrons. The molecule has 0 bridgehead atoms. The molecule has 0 aliphatic rings. The van der Waals surface area contributed by atoms with Crippen molar-refractivity contribution in [3.63, 3.8) is 0 Å². The summed E-state index contributed by atoms with van der Waals surface area (Å²) in [5.41, 5.74) is 1.31. The van der Waals surface area contributed by atoms with Crippen LogP contribution in [0, 0.1) is 0 Å². The molecule has 5 nitrogen and oxygen atoms in total. The molecule has 0 fully saturated rings. The van der Waals surface area contributed by atoms with Crippen LogP contribution in [0.3, 0.4) is 0 Å². The molecule has 0 heterocycles. The molecule has 0 saturated carbocycles. The lowest BCUT2D eigenvalue weighted by Crippen LogP contribution is -2.23. The van der Waals surface area contributed by atoms with E-state index in [0.717, 1.165) is 5.56 Å². The minimum atomic E-state index is -3.62. The SMILES string of the molecule is CC(=O)Nc1ccc(S(=O)(=O)NCc2cccc(Cl)c2)cc1. The van der Waals surface area contributed by atoms with Crippen LogP contribution in [0.1, 0.15) is 12.5 Å². The highest BCUT2D eigenvalue weighted by molar-refractivity contribution is 7.89. The Morgan fingerprint density at radius 3 is 2.41 bits per heavy atom. The predicted molar refractivity (Wildman–Crippen MR) is 86.2 cm³/mol. The van der Waals surface area contributed by atoms with Gasteiger partial charge in [0.15, 0.2) is 0 Å². The lowest BCUT2D eigenvalue weighted by atomic mass is 10.2. The summed E-state index contributed by atoms with van der Waals surface area (Å²) in [6.07, 6.45) is 0. The van der Waals surface area contributed by atoms with Gasteiger partial charge in [0.05, 0.1) is 4.90 Å². The Morgan fingerprint density at radius 1 is 1.14 bits per heavy atom. The number of benzene rings is 2. The molecule has 0 spiro atoms. The van der Waals surface area contributed by atoms with E-state index in [4.69, 9.17) is 11.6 Å². The van der Waals surface area contributed by atoms with E-state index >= 15 is 0 Å². The first-order chi connectivity index (χ1) is 10.4. The van der Waals surface area contributed by atoms with Crippen LogP contribution in [-0.2, 0) is 21.4 Å². The van der Waals surface area contributed by atoms with E-state index in [-0.39, 0.29) is 17.3 Å². The monoisotopic (exact) mass is 338 g/mol. The van der Waals surface area contributed by atoms with Crippen molar-refractivity contribution in [2.24, 2.45) is 0 Å². The molecule has 2 N–H and O–H groups in total. The molecule has 0 atom stereocenters. The molecule has 0 aliphatic heterocycles. The van der Waals surface area contributed by atoms with Gasteiger partial charge >= 0.3 is 0 Å². The van der Waals surface area contributed by atoms with Crippen LogP contribution >= 0.6 is 11.6 Å². The standard InChI is InChI=1S/C15H15ClN2O3S/c1-11(19)18-14-5-7-15(8-6-14)22(20,21)17-10-12-3-2-4-13(16)9-12/h2-9,17H,10H2,1H3,(H,18,19).